The summed E-state index contributed by atoms with van der Waals surface area (Å²) in [7, 11) is 0. The molecule has 35 heavy (non-hydrogen) atoms. The summed E-state index contributed by atoms with van der Waals surface area (Å²) >= 11 is -0.445. The van der Waals surface area contributed by atoms with Gasteiger partial charge in [-0.25, -0.2) is 14.4 Å². The van der Waals surface area contributed by atoms with Crippen molar-refractivity contribution in [1.82, 2.24) is 29.4 Å². The Labute approximate surface area is 205 Å². The van der Waals surface area contributed by atoms with Gasteiger partial charge in [0, 0.05) is 30.7 Å². The van der Waals surface area contributed by atoms with Gasteiger partial charge in [0.05, 0.1) is 29.0 Å². The van der Waals surface area contributed by atoms with Gasteiger partial charge in [-0.2, -0.15) is 14.7 Å². The maximum atomic E-state index is 13.6. The average Bonchev–Trinajstić information content (AvgIpc) is 3.43. The molecule has 0 atom stereocenters. The van der Waals surface area contributed by atoms with Crippen LogP contribution in [0.5, 0.6) is 5.75 Å². The molecule has 1 aliphatic heterocycles. The van der Waals surface area contributed by atoms with Gasteiger partial charge < -0.3 is 19.9 Å². The number of nitrogen functional groups attached to an aromatic ring is 1. The Kier molecular flexibility index (Phi) is 7.26. The van der Waals surface area contributed by atoms with Gasteiger partial charge in [-0.1, -0.05) is 0 Å². The second-order valence-electron chi connectivity index (χ2n) is 9.07. The lowest BCUT2D eigenvalue weighted by Gasteiger charge is -2.27. The molecule has 3 aromatic heterocycles. The third-order valence-electron chi connectivity index (χ3n) is 5.58. The van der Waals surface area contributed by atoms with Gasteiger partial charge in [-0.05, 0) is 46.1 Å². The number of rotatable bonds is 5. The Balaban J connectivity index is 0.000000165. The van der Waals surface area contributed by atoms with Crippen molar-refractivity contribution in [3.05, 3.63) is 36.2 Å². The quantitative estimate of drug-likeness (QED) is 0.389. The van der Waals surface area contributed by atoms with Crippen LogP contribution in [0.1, 0.15) is 38.8 Å². The number of hydrogen-bond donors (Lipinski definition) is 2. The number of aliphatic hydroxyl groups is 1. The van der Waals surface area contributed by atoms with Crippen LogP contribution >= 0.6 is 12.4 Å². The van der Waals surface area contributed by atoms with Gasteiger partial charge in [0.2, 0.25) is 5.95 Å². The van der Waals surface area contributed by atoms with Gasteiger partial charge >= 0.3 is 0 Å². The average molecular weight is 507 g/mol. The number of anilines is 2. The molecule has 0 saturated carbocycles. The topological polar surface area (TPSA) is 120 Å². The second-order valence-corrected chi connectivity index (χ2v) is 9.36. The molecule has 1 fully saturated rings. The molecule has 4 heterocycles. The van der Waals surface area contributed by atoms with Crippen LogP contribution in [0.15, 0.2) is 24.7 Å². The van der Waals surface area contributed by atoms with E-state index in [1.807, 2.05) is 25.5 Å². The third-order valence-corrected chi connectivity index (χ3v) is 5.82. The third kappa shape index (κ3) is 5.73. The van der Waals surface area contributed by atoms with E-state index in [2.05, 4.69) is 35.4 Å². The zero-order valence-electron chi connectivity index (χ0n) is 19.8. The number of nitrogens with two attached hydrogens (primary N) is 1. The van der Waals surface area contributed by atoms with E-state index in [9.17, 15) is 13.4 Å². The standard InChI is InChI=1S/C13H23N3O.C9H5F2N5OS/c1-11-12(15-7-5-4-6-8-15)9-16(14-11)10-13(2,3)17;10-5-1-4-6(2-7(5)17-18-11)15-9(12)16-8(4)13-3-14-16/h9,17H,4-8,10H2,1-3H3;1-3H,(H2,12,15). The number of benzene rings is 1. The Morgan fingerprint density at radius 1 is 1.23 bits per heavy atom. The number of aryl methyl sites for hydroxylation is 1. The van der Waals surface area contributed by atoms with Crippen molar-refractivity contribution in [3.8, 4) is 5.75 Å². The summed E-state index contributed by atoms with van der Waals surface area (Å²) < 4.78 is 33.2. The highest BCUT2D eigenvalue weighted by molar-refractivity contribution is 7.89. The first kappa shape index (κ1) is 24.9. The van der Waals surface area contributed by atoms with Crippen molar-refractivity contribution in [2.75, 3.05) is 23.7 Å². The lowest BCUT2D eigenvalue weighted by atomic mass is 10.1. The van der Waals surface area contributed by atoms with Crippen LogP contribution in [0, 0.1) is 12.7 Å². The minimum absolute atomic E-state index is 0.0976. The maximum Gasteiger partial charge on any atom is 0.272 e. The molecule has 0 amide bonds. The van der Waals surface area contributed by atoms with Crippen LogP contribution in [0.4, 0.5) is 19.9 Å². The Hall–Kier alpha value is -3.19. The highest BCUT2D eigenvalue weighted by Crippen LogP contribution is 2.29. The van der Waals surface area contributed by atoms with Gasteiger partial charge in [-0.15, -0.1) is 3.89 Å². The van der Waals surface area contributed by atoms with Gasteiger partial charge in [0.1, 0.15) is 6.33 Å². The van der Waals surface area contributed by atoms with E-state index < -0.39 is 23.8 Å². The molecular formula is C22H28F2N8O2S. The second kappa shape index (κ2) is 10.2. The fraction of sp³-hybridized carbons (Fsp3) is 0.455. The Morgan fingerprint density at radius 2 is 1.97 bits per heavy atom. The molecule has 1 saturated heterocycles. The molecule has 3 N–H and O–H groups in total. The molecule has 13 heteroatoms. The number of fused-ring (bicyclic) bond motifs is 3. The van der Waals surface area contributed by atoms with Crippen LogP contribution < -0.4 is 14.8 Å². The number of nitrogens with zero attached hydrogens (tertiary/aromatic N) is 7. The van der Waals surface area contributed by atoms with E-state index in [0.29, 0.717) is 23.1 Å². The van der Waals surface area contributed by atoms with Crippen molar-refractivity contribution in [1.29, 1.82) is 0 Å². The molecule has 4 aromatic rings. The summed E-state index contributed by atoms with van der Waals surface area (Å²) in [5, 5.41) is 18.6. The van der Waals surface area contributed by atoms with E-state index >= 15 is 0 Å². The van der Waals surface area contributed by atoms with E-state index in [1.165, 1.54) is 41.9 Å². The van der Waals surface area contributed by atoms with Crippen molar-refractivity contribution in [2.45, 2.75) is 52.2 Å². The van der Waals surface area contributed by atoms with Gasteiger partial charge in [-0.3, -0.25) is 4.68 Å². The van der Waals surface area contributed by atoms with E-state index in [1.54, 1.807) is 0 Å². The minimum Gasteiger partial charge on any atom is -0.394 e. The fourth-order valence-electron chi connectivity index (χ4n) is 4.11. The van der Waals surface area contributed by atoms with Crippen LogP contribution in [0.3, 0.4) is 0 Å². The molecule has 188 valence electrons. The van der Waals surface area contributed by atoms with Gasteiger partial charge in [0.15, 0.2) is 17.2 Å². The number of halogens is 2. The first-order valence-corrected chi connectivity index (χ1v) is 11.9. The molecule has 0 unspecified atom stereocenters. The monoisotopic (exact) mass is 506 g/mol. The van der Waals surface area contributed by atoms with E-state index in [0.717, 1.165) is 24.8 Å². The SMILES string of the molecule is Cc1nn(CC(C)(C)O)cc1N1CCCCC1.Nc1nc2cc(OSF)c(F)cc2c2ncnn12. The largest absolute Gasteiger partial charge is 0.394 e. The van der Waals surface area contributed by atoms with Crippen molar-refractivity contribution >= 4 is 40.6 Å². The molecular weight excluding hydrogens is 478 g/mol. The smallest absolute Gasteiger partial charge is 0.272 e. The van der Waals surface area contributed by atoms with Gasteiger partial charge in [0.25, 0.3) is 12.4 Å². The molecule has 0 aliphatic carbocycles. The van der Waals surface area contributed by atoms with Crippen LogP contribution in [-0.4, -0.2) is 53.2 Å². The first-order chi connectivity index (χ1) is 16.7. The Morgan fingerprint density at radius 3 is 2.66 bits per heavy atom. The summed E-state index contributed by atoms with van der Waals surface area (Å²) in [5.74, 6) is -0.879. The van der Waals surface area contributed by atoms with Crippen molar-refractivity contribution in [2.24, 2.45) is 0 Å². The molecule has 10 nitrogen and oxygen atoms in total. The number of aromatic nitrogens is 6. The van der Waals surface area contributed by atoms with Crippen LogP contribution in [0.2, 0.25) is 0 Å². The van der Waals surface area contributed by atoms with E-state index in [4.69, 9.17) is 5.73 Å². The molecule has 0 bridgehead atoms. The molecule has 0 radical (unpaired) electrons. The summed E-state index contributed by atoms with van der Waals surface area (Å²) in [5.41, 5.74) is 7.97. The first-order valence-electron chi connectivity index (χ1n) is 11.2. The highest BCUT2D eigenvalue weighted by Gasteiger charge is 2.19. The molecule has 0 spiro atoms. The Bertz CT molecular complexity index is 1310. The normalized spacial score (nSPS) is 14.3. The van der Waals surface area contributed by atoms with Crippen molar-refractivity contribution in [3.63, 3.8) is 0 Å². The lowest BCUT2D eigenvalue weighted by Crippen LogP contribution is -2.29. The zero-order valence-corrected chi connectivity index (χ0v) is 20.6. The highest BCUT2D eigenvalue weighted by atomic mass is 32.2. The molecule has 5 rings (SSSR count). The van der Waals surface area contributed by atoms with Crippen LogP contribution in [-0.2, 0) is 6.54 Å². The molecule has 1 aromatic carbocycles. The van der Waals surface area contributed by atoms with Crippen molar-refractivity contribution < 1.29 is 17.6 Å². The number of piperidine rings is 1. The summed E-state index contributed by atoms with van der Waals surface area (Å²) in [4.78, 5) is 10.4. The van der Waals surface area contributed by atoms with E-state index in [-0.39, 0.29) is 11.7 Å². The summed E-state index contributed by atoms with van der Waals surface area (Å²) in [6.45, 7) is 8.48. The minimum atomic E-state index is -0.718. The summed E-state index contributed by atoms with van der Waals surface area (Å²) in [6.07, 6.45) is 7.24. The maximum absolute atomic E-state index is 13.6. The zero-order chi connectivity index (χ0) is 25.2. The summed E-state index contributed by atoms with van der Waals surface area (Å²) in [6, 6.07) is 2.40. The predicted octanol–water partition coefficient (Wildman–Crippen LogP) is 3.86. The predicted molar refractivity (Wildman–Crippen MR) is 131 cm³/mol. The molecule has 1 aliphatic rings. The lowest BCUT2D eigenvalue weighted by molar-refractivity contribution is 0.0577. The van der Waals surface area contributed by atoms with Crippen LogP contribution in [0.25, 0.3) is 16.6 Å². The number of hydrogen-bond acceptors (Lipinski definition) is 9. The fourth-order valence-corrected chi connectivity index (χ4v) is 4.30.